The summed E-state index contributed by atoms with van der Waals surface area (Å²) in [4.78, 5) is 34.4. The SMILES string of the molecule is CCCCC(CCCC)(C(C)=O)C(=O)C(=O)O. The summed E-state index contributed by atoms with van der Waals surface area (Å²) in [5, 5.41) is 8.86. The standard InChI is InChI=1S/C13H22O4/c1-4-6-8-13(10(3)14,9-7-5-2)11(15)12(16)17/h4-9H2,1-3H3,(H,16,17). The van der Waals surface area contributed by atoms with Gasteiger partial charge in [0.1, 0.15) is 5.78 Å². The Bertz CT molecular complexity index is 286. The number of hydrogen-bond acceptors (Lipinski definition) is 3. The summed E-state index contributed by atoms with van der Waals surface area (Å²) in [5.41, 5.74) is -1.29. The van der Waals surface area contributed by atoms with Crippen LogP contribution in [0.5, 0.6) is 0 Å². The van der Waals surface area contributed by atoms with Gasteiger partial charge in [-0.2, -0.15) is 0 Å². The molecule has 4 nitrogen and oxygen atoms in total. The Morgan fingerprint density at radius 1 is 1.00 bits per heavy atom. The maximum absolute atomic E-state index is 11.8. The van der Waals surface area contributed by atoms with E-state index in [1.165, 1.54) is 6.92 Å². The molecule has 0 radical (unpaired) electrons. The molecule has 0 aliphatic carbocycles. The van der Waals surface area contributed by atoms with E-state index in [4.69, 9.17) is 5.11 Å². The smallest absolute Gasteiger partial charge is 0.373 e. The van der Waals surface area contributed by atoms with Gasteiger partial charge in [0.05, 0.1) is 5.41 Å². The van der Waals surface area contributed by atoms with Crippen molar-refractivity contribution in [3.8, 4) is 0 Å². The maximum atomic E-state index is 11.8. The lowest BCUT2D eigenvalue weighted by Crippen LogP contribution is -2.42. The highest BCUT2D eigenvalue weighted by atomic mass is 16.4. The van der Waals surface area contributed by atoms with E-state index in [0.29, 0.717) is 25.7 Å². The van der Waals surface area contributed by atoms with Gasteiger partial charge in [0.25, 0.3) is 5.78 Å². The Hall–Kier alpha value is -1.19. The highest BCUT2D eigenvalue weighted by Crippen LogP contribution is 2.33. The molecule has 0 heterocycles. The summed E-state index contributed by atoms with van der Waals surface area (Å²) in [5.74, 6) is -2.74. The summed E-state index contributed by atoms with van der Waals surface area (Å²) in [6, 6.07) is 0. The highest BCUT2D eigenvalue weighted by molar-refractivity contribution is 6.39. The number of hydrogen-bond donors (Lipinski definition) is 1. The fraction of sp³-hybridized carbons (Fsp3) is 0.769. The Morgan fingerprint density at radius 2 is 1.41 bits per heavy atom. The number of carboxylic acids is 1. The van der Waals surface area contributed by atoms with Gasteiger partial charge >= 0.3 is 5.97 Å². The summed E-state index contributed by atoms with van der Waals surface area (Å²) in [7, 11) is 0. The summed E-state index contributed by atoms with van der Waals surface area (Å²) < 4.78 is 0. The molecule has 0 fully saturated rings. The molecule has 0 rings (SSSR count). The van der Waals surface area contributed by atoms with Crippen LogP contribution in [0.15, 0.2) is 0 Å². The van der Waals surface area contributed by atoms with Crippen molar-refractivity contribution in [1.29, 1.82) is 0 Å². The van der Waals surface area contributed by atoms with Gasteiger partial charge < -0.3 is 5.11 Å². The summed E-state index contributed by atoms with van der Waals surface area (Å²) >= 11 is 0. The Labute approximate surface area is 102 Å². The van der Waals surface area contributed by atoms with Gasteiger partial charge in [-0.05, 0) is 19.8 Å². The van der Waals surface area contributed by atoms with E-state index in [9.17, 15) is 14.4 Å². The monoisotopic (exact) mass is 242 g/mol. The molecule has 4 heteroatoms. The fourth-order valence-electron chi connectivity index (χ4n) is 2.03. The average Bonchev–Trinajstić information content (AvgIpc) is 2.28. The van der Waals surface area contributed by atoms with Crippen LogP contribution in [0.2, 0.25) is 0 Å². The van der Waals surface area contributed by atoms with Crippen molar-refractivity contribution >= 4 is 17.5 Å². The quantitative estimate of drug-likeness (QED) is 0.498. The van der Waals surface area contributed by atoms with E-state index in [2.05, 4.69) is 0 Å². The number of carbonyl (C=O) groups is 3. The minimum atomic E-state index is -1.49. The van der Waals surface area contributed by atoms with Gasteiger partial charge in [0.2, 0.25) is 0 Å². The van der Waals surface area contributed by atoms with Crippen molar-refractivity contribution in [3.63, 3.8) is 0 Å². The lowest BCUT2D eigenvalue weighted by molar-refractivity contribution is -0.157. The van der Waals surface area contributed by atoms with Crippen LogP contribution >= 0.6 is 0 Å². The molecule has 0 saturated heterocycles. The molecule has 0 amide bonds. The summed E-state index contributed by atoms with van der Waals surface area (Å²) in [6.07, 6.45) is 3.78. The number of carbonyl (C=O) groups excluding carboxylic acids is 2. The molecule has 0 aliphatic rings. The van der Waals surface area contributed by atoms with Gasteiger partial charge in [-0.1, -0.05) is 39.5 Å². The molecule has 98 valence electrons. The third kappa shape index (κ3) is 3.95. The van der Waals surface area contributed by atoms with E-state index in [0.717, 1.165) is 12.8 Å². The first-order chi connectivity index (χ1) is 7.92. The first-order valence-electron chi connectivity index (χ1n) is 6.21. The second kappa shape index (κ2) is 7.20. The van der Waals surface area contributed by atoms with Gasteiger partial charge in [0, 0.05) is 0 Å². The predicted molar refractivity (Wildman–Crippen MR) is 64.8 cm³/mol. The van der Waals surface area contributed by atoms with Crippen molar-refractivity contribution in [3.05, 3.63) is 0 Å². The first-order valence-corrected chi connectivity index (χ1v) is 6.21. The molecule has 0 aromatic rings. The Balaban J connectivity index is 5.15. The van der Waals surface area contributed by atoms with E-state index < -0.39 is 17.2 Å². The number of unbranched alkanes of at least 4 members (excludes halogenated alkanes) is 2. The van der Waals surface area contributed by atoms with Crippen LogP contribution in [-0.2, 0) is 14.4 Å². The lowest BCUT2D eigenvalue weighted by atomic mass is 9.72. The van der Waals surface area contributed by atoms with Crippen molar-refractivity contribution in [2.75, 3.05) is 0 Å². The Morgan fingerprint density at radius 3 is 1.65 bits per heavy atom. The summed E-state index contributed by atoms with van der Waals surface area (Å²) in [6.45, 7) is 5.23. The molecule has 0 aromatic carbocycles. The third-order valence-corrected chi connectivity index (χ3v) is 3.22. The Kier molecular flexibility index (Phi) is 6.69. The second-order valence-electron chi connectivity index (χ2n) is 4.48. The average molecular weight is 242 g/mol. The number of aliphatic carboxylic acids is 1. The van der Waals surface area contributed by atoms with E-state index >= 15 is 0 Å². The zero-order valence-electron chi connectivity index (χ0n) is 10.9. The van der Waals surface area contributed by atoms with Crippen LogP contribution in [0.3, 0.4) is 0 Å². The van der Waals surface area contributed by atoms with Gasteiger partial charge in [-0.15, -0.1) is 0 Å². The van der Waals surface area contributed by atoms with Crippen LogP contribution in [0.25, 0.3) is 0 Å². The number of Topliss-reactive ketones (excluding diaryl/α,β-unsaturated/α-hetero) is 2. The minimum Gasteiger partial charge on any atom is -0.475 e. The maximum Gasteiger partial charge on any atom is 0.373 e. The van der Waals surface area contributed by atoms with Gasteiger partial charge in [0.15, 0.2) is 0 Å². The molecule has 0 bridgehead atoms. The largest absolute Gasteiger partial charge is 0.475 e. The van der Waals surface area contributed by atoms with E-state index in [1.54, 1.807) is 0 Å². The van der Waals surface area contributed by atoms with Crippen molar-refractivity contribution in [1.82, 2.24) is 0 Å². The number of ketones is 2. The molecule has 17 heavy (non-hydrogen) atoms. The number of rotatable bonds is 9. The molecule has 1 N–H and O–H groups in total. The molecular weight excluding hydrogens is 220 g/mol. The molecule has 0 spiro atoms. The normalized spacial score (nSPS) is 11.2. The fourth-order valence-corrected chi connectivity index (χ4v) is 2.03. The highest BCUT2D eigenvalue weighted by Gasteiger charge is 2.45. The van der Waals surface area contributed by atoms with Crippen LogP contribution in [0, 0.1) is 5.41 Å². The van der Waals surface area contributed by atoms with Gasteiger partial charge in [-0.3, -0.25) is 9.59 Å². The minimum absolute atomic E-state index is 0.313. The van der Waals surface area contributed by atoms with Crippen LogP contribution < -0.4 is 0 Å². The van der Waals surface area contributed by atoms with Crippen LogP contribution in [0.1, 0.15) is 59.3 Å². The van der Waals surface area contributed by atoms with Crippen molar-refractivity contribution < 1.29 is 19.5 Å². The predicted octanol–water partition coefficient (Wildman–Crippen LogP) is 2.60. The molecule has 0 aromatic heterocycles. The van der Waals surface area contributed by atoms with Crippen LogP contribution in [0.4, 0.5) is 0 Å². The molecule has 0 aliphatic heterocycles. The van der Waals surface area contributed by atoms with E-state index in [-0.39, 0.29) is 5.78 Å². The van der Waals surface area contributed by atoms with Crippen LogP contribution in [-0.4, -0.2) is 22.6 Å². The number of carboxylic acid groups (broad SMARTS) is 1. The molecule has 0 saturated carbocycles. The zero-order valence-corrected chi connectivity index (χ0v) is 10.9. The zero-order chi connectivity index (χ0) is 13.5. The topological polar surface area (TPSA) is 71.4 Å². The van der Waals surface area contributed by atoms with Crippen molar-refractivity contribution in [2.24, 2.45) is 5.41 Å². The van der Waals surface area contributed by atoms with Crippen molar-refractivity contribution in [2.45, 2.75) is 59.3 Å². The van der Waals surface area contributed by atoms with E-state index in [1.807, 2.05) is 13.8 Å². The molecule has 0 unspecified atom stereocenters. The molecule has 0 atom stereocenters. The first kappa shape index (κ1) is 15.8. The lowest BCUT2D eigenvalue weighted by Gasteiger charge is -2.27. The third-order valence-electron chi connectivity index (χ3n) is 3.22. The second-order valence-corrected chi connectivity index (χ2v) is 4.48. The van der Waals surface area contributed by atoms with Gasteiger partial charge in [-0.25, -0.2) is 4.79 Å². The molecular formula is C13H22O4.